The molecule has 2 aliphatic rings. The fraction of sp³-hybridized carbons (Fsp3) is 0.800. The van der Waals surface area contributed by atoms with Crippen molar-refractivity contribution in [3.05, 3.63) is 12.2 Å². The first kappa shape index (κ1) is 9.30. The number of hydrogen-bond donors (Lipinski definition) is 1. The standard InChI is InChI=1S/C10H16N4O/c1-14-7-12-9(13-14)8-10(3-2-4-10)15-6-5-11-8/h7-8,11H,2-6H2,1H3. The van der Waals surface area contributed by atoms with Crippen LogP contribution in [0, 0.1) is 0 Å². The number of ether oxygens (including phenoxy) is 1. The first-order chi connectivity index (χ1) is 7.30. The first-order valence-corrected chi connectivity index (χ1v) is 5.53. The minimum Gasteiger partial charge on any atom is -0.372 e. The fourth-order valence-electron chi connectivity index (χ4n) is 2.50. The molecule has 2 fully saturated rings. The molecule has 1 saturated heterocycles. The van der Waals surface area contributed by atoms with E-state index < -0.39 is 0 Å². The van der Waals surface area contributed by atoms with Gasteiger partial charge in [0.2, 0.25) is 0 Å². The highest BCUT2D eigenvalue weighted by Crippen LogP contribution is 2.45. The topological polar surface area (TPSA) is 52.0 Å². The van der Waals surface area contributed by atoms with E-state index in [4.69, 9.17) is 4.74 Å². The monoisotopic (exact) mass is 208 g/mol. The summed E-state index contributed by atoms with van der Waals surface area (Å²) in [6.07, 6.45) is 5.26. The van der Waals surface area contributed by atoms with Gasteiger partial charge in [-0.1, -0.05) is 0 Å². The van der Waals surface area contributed by atoms with Crippen molar-refractivity contribution in [1.29, 1.82) is 0 Å². The van der Waals surface area contributed by atoms with E-state index in [2.05, 4.69) is 15.4 Å². The predicted molar refractivity (Wildman–Crippen MR) is 54.3 cm³/mol. The molecule has 1 atom stereocenters. The van der Waals surface area contributed by atoms with Gasteiger partial charge in [0, 0.05) is 13.6 Å². The van der Waals surface area contributed by atoms with Crippen LogP contribution < -0.4 is 5.32 Å². The average Bonchev–Trinajstić information content (AvgIpc) is 2.62. The Morgan fingerprint density at radius 1 is 1.60 bits per heavy atom. The molecule has 0 aromatic carbocycles. The van der Waals surface area contributed by atoms with E-state index in [9.17, 15) is 0 Å². The van der Waals surface area contributed by atoms with Gasteiger partial charge in [-0.3, -0.25) is 4.68 Å². The van der Waals surface area contributed by atoms with Gasteiger partial charge in [-0.05, 0) is 19.3 Å². The Labute approximate surface area is 88.8 Å². The Kier molecular flexibility index (Phi) is 2.03. The lowest BCUT2D eigenvalue weighted by Crippen LogP contribution is -2.56. The molecule has 1 aliphatic carbocycles. The van der Waals surface area contributed by atoms with E-state index in [-0.39, 0.29) is 11.6 Å². The molecule has 3 rings (SSSR count). The van der Waals surface area contributed by atoms with Crippen molar-refractivity contribution >= 4 is 0 Å². The molecule has 5 nitrogen and oxygen atoms in total. The van der Waals surface area contributed by atoms with E-state index in [1.807, 2.05) is 7.05 Å². The molecule has 1 spiro atoms. The maximum absolute atomic E-state index is 5.93. The molecular formula is C10H16N4O. The Balaban J connectivity index is 1.89. The molecule has 1 unspecified atom stereocenters. The highest BCUT2D eigenvalue weighted by Gasteiger charge is 2.49. The predicted octanol–water partition coefficient (Wildman–Crippen LogP) is 0.399. The third-order valence-electron chi connectivity index (χ3n) is 3.44. The number of aryl methyl sites for hydroxylation is 1. The Morgan fingerprint density at radius 3 is 3.07 bits per heavy atom. The fourth-order valence-corrected chi connectivity index (χ4v) is 2.50. The number of nitrogens with one attached hydrogen (secondary N) is 1. The summed E-state index contributed by atoms with van der Waals surface area (Å²) in [5.41, 5.74) is -0.0143. The summed E-state index contributed by atoms with van der Waals surface area (Å²) in [5.74, 6) is 0.872. The summed E-state index contributed by atoms with van der Waals surface area (Å²) >= 11 is 0. The molecule has 1 N–H and O–H groups in total. The van der Waals surface area contributed by atoms with Crippen LogP contribution in [0.5, 0.6) is 0 Å². The smallest absolute Gasteiger partial charge is 0.170 e. The summed E-state index contributed by atoms with van der Waals surface area (Å²) in [6.45, 7) is 1.70. The van der Waals surface area contributed by atoms with Crippen LogP contribution in [0.1, 0.15) is 31.1 Å². The van der Waals surface area contributed by atoms with Gasteiger partial charge in [-0.2, -0.15) is 5.10 Å². The Hall–Kier alpha value is -0.940. The lowest BCUT2D eigenvalue weighted by atomic mass is 9.73. The highest BCUT2D eigenvalue weighted by molar-refractivity contribution is 5.09. The molecule has 0 amide bonds. The van der Waals surface area contributed by atoms with Crippen LogP contribution in [0.3, 0.4) is 0 Å². The zero-order chi connectivity index (χ0) is 10.3. The van der Waals surface area contributed by atoms with E-state index in [0.717, 1.165) is 31.8 Å². The minimum absolute atomic E-state index is 0.0143. The van der Waals surface area contributed by atoms with E-state index in [0.29, 0.717) is 0 Å². The van der Waals surface area contributed by atoms with E-state index in [1.54, 1.807) is 11.0 Å². The van der Waals surface area contributed by atoms with Crippen LogP contribution in [-0.4, -0.2) is 33.5 Å². The number of aromatic nitrogens is 3. The van der Waals surface area contributed by atoms with Crippen molar-refractivity contribution in [2.24, 2.45) is 7.05 Å². The second-order valence-electron chi connectivity index (χ2n) is 4.43. The third kappa shape index (κ3) is 1.38. The quantitative estimate of drug-likeness (QED) is 0.725. The van der Waals surface area contributed by atoms with E-state index in [1.165, 1.54) is 6.42 Å². The van der Waals surface area contributed by atoms with Crippen LogP contribution in [-0.2, 0) is 11.8 Å². The van der Waals surface area contributed by atoms with Crippen molar-refractivity contribution in [3.63, 3.8) is 0 Å². The molecule has 1 aromatic rings. The van der Waals surface area contributed by atoms with Crippen LogP contribution in [0.25, 0.3) is 0 Å². The average molecular weight is 208 g/mol. The van der Waals surface area contributed by atoms with Gasteiger partial charge in [0.25, 0.3) is 0 Å². The number of nitrogens with zero attached hydrogens (tertiary/aromatic N) is 3. The molecule has 1 aromatic heterocycles. The Bertz CT molecular complexity index is 358. The van der Waals surface area contributed by atoms with Gasteiger partial charge in [0.05, 0.1) is 18.2 Å². The van der Waals surface area contributed by atoms with Crippen LogP contribution in [0.4, 0.5) is 0 Å². The van der Waals surface area contributed by atoms with Crippen molar-refractivity contribution in [2.45, 2.75) is 30.9 Å². The number of morpholine rings is 1. The summed E-state index contributed by atoms with van der Waals surface area (Å²) in [4.78, 5) is 4.33. The van der Waals surface area contributed by atoms with Gasteiger partial charge in [-0.25, -0.2) is 4.98 Å². The van der Waals surface area contributed by atoms with Gasteiger partial charge < -0.3 is 10.1 Å². The van der Waals surface area contributed by atoms with Crippen LogP contribution in [0.2, 0.25) is 0 Å². The van der Waals surface area contributed by atoms with Gasteiger partial charge in [-0.15, -0.1) is 0 Å². The largest absolute Gasteiger partial charge is 0.372 e. The van der Waals surface area contributed by atoms with Gasteiger partial charge in [0.1, 0.15) is 6.33 Å². The zero-order valence-corrected chi connectivity index (χ0v) is 8.94. The van der Waals surface area contributed by atoms with Crippen molar-refractivity contribution < 1.29 is 4.74 Å². The molecule has 0 radical (unpaired) electrons. The lowest BCUT2D eigenvalue weighted by molar-refractivity contribution is -0.147. The van der Waals surface area contributed by atoms with Crippen molar-refractivity contribution in [1.82, 2.24) is 20.1 Å². The number of hydrogen-bond acceptors (Lipinski definition) is 4. The normalized spacial score (nSPS) is 29.0. The number of rotatable bonds is 1. The molecule has 5 heteroatoms. The summed E-state index contributed by atoms with van der Waals surface area (Å²) < 4.78 is 7.67. The van der Waals surface area contributed by atoms with E-state index >= 15 is 0 Å². The summed E-state index contributed by atoms with van der Waals surface area (Å²) in [5, 5.41) is 7.85. The molecule has 1 saturated carbocycles. The molecule has 15 heavy (non-hydrogen) atoms. The SMILES string of the molecule is Cn1cnc(C2NCCOC23CCC3)n1. The van der Waals surface area contributed by atoms with Crippen LogP contribution >= 0.6 is 0 Å². The maximum Gasteiger partial charge on any atom is 0.170 e. The molecule has 0 bridgehead atoms. The molecule has 82 valence electrons. The van der Waals surface area contributed by atoms with Gasteiger partial charge >= 0.3 is 0 Å². The maximum atomic E-state index is 5.93. The first-order valence-electron chi connectivity index (χ1n) is 5.53. The van der Waals surface area contributed by atoms with Crippen molar-refractivity contribution in [2.75, 3.05) is 13.2 Å². The van der Waals surface area contributed by atoms with Crippen LogP contribution in [0.15, 0.2) is 6.33 Å². The molecule has 2 heterocycles. The summed E-state index contributed by atoms with van der Waals surface area (Å²) in [6, 6.07) is 0.182. The molecule has 1 aliphatic heterocycles. The highest BCUT2D eigenvalue weighted by atomic mass is 16.5. The third-order valence-corrected chi connectivity index (χ3v) is 3.44. The summed E-state index contributed by atoms with van der Waals surface area (Å²) in [7, 11) is 1.90. The van der Waals surface area contributed by atoms with Gasteiger partial charge in [0.15, 0.2) is 5.82 Å². The Morgan fingerprint density at radius 2 is 2.47 bits per heavy atom. The molecular weight excluding hydrogens is 192 g/mol. The second kappa shape index (κ2) is 3.28. The minimum atomic E-state index is -0.0143. The second-order valence-corrected chi connectivity index (χ2v) is 4.43. The zero-order valence-electron chi connectivity index (χ0n) is 8.94. The lowest BCUT2D eigenvalue weighted by Gasteiger charge is -2.49. The van der Waals surface area contributed by atoms with Crippen molar-refractivity contribution in [3.8, 4) is 0 Å².